The average molecular weight is 131 g/mol. The molecule has 0 aromatic rings. The number of rotatable bonds is 2. The molecule has 0 aromatic heterocycles. The van der Waals surface area contributed by atoms with Crippen LogP contribution < -0.4 is 0 Å². The fourth-order valence-electron chi connectivity index (χ4n) is 0.792. The molecule has 4 heteroatoms. The summed E-state index contributed by atoms with van der Waals surface area (Å²) in [7, 11) is 0. The van der Waals surface area contributed by atoms with Crippen LogP contribution in [0.2, 0.25) is 0 Å². The number of epoxide rings is 1. The van der Waals surface area contributed by atoms with Crippen molar-refractivity contribution < 1.29 is 9.66 Å². The number of nitro groups is 1. The minimum Gasteiger partial charge on any atom is -0.359 e. The lowest BCUT2D eigenvalue weighted by Gasteiger charge is -1.95. The summed E-state index contributed by atoms with van der Waals surface area (Å²) in [5.41, 5.74) is -0.469. The normalized spacial score (nSPS) is 40.4. The van der Waals surface area contributed by atoms with E-state index in [0.717, 1.165) is 0 Å². The predicted octanol–water partition coefficient (Wildman–Crippen LogP) is 0.440. The van der Waals surface area contributed by atoms with Crippen LogP contribution in [-0.4, -0.2) is 23.2 Å². The van der Waals surface area contributed by atoms with Crippen molar-refractivity contribution in [3.63, 3.8) is 0 Å². The van der Waals surface area contributed by atoms with Crippen LogP contribution in [-0.2, 0) is 4.74 Å². The minimum atomic E-state index is -0.469. The molecule has 1 aliphatic rings. The summed E-state index contributed by atoms with van der Waals surface area (Å²) in [6.07, 6.45) is 0.0582. The van der Waals surface area contributed by atoms with E-state index in [0.29, 0.717) is 0 Å². The van der Waals surface area contributed by atoms with Crippen molar-refractivity contribution in [2.45, 2.75) is 25.6 Å². The summed E-state index contributed by atoms with van der Waals surface area (Å²) in [4.78, 5) is 9.58. The summed E-state index contributed by atoms with van der Waals surface area (Å²) in [5.74, 6) is 0. The molecule has 0 N–H and O–H groups in total. The Morgan fingerprint density at radius 1 is 1.89 bits per heavy atom. The van der Waals surface area contributed by atoms with E-state index in [2.05, 4.69) is 0 Å². The second-order valence-electron chi connectivity index (χ2n) is 2.56. The van der Waals surface area contributed by atoms with Gasteiger partial charge in [-0.05, 0) is 13.8 Å². The van der Waals surface area contributed by atoms with Crippen molar-refractivity contribution in [1.82, 2.24) is 0 Å². The molecule has 52 valence electrons. The Bertz CT molecular complexity index is 147. The Morgan fingerprint density at radius 3 is 2.44 bits per heavy atom. The first-order chi connectivity index (χ1) is 4.04. The lowest BCUT2D eigenvalue weighted by Crippen LogP contribution is -2.21. The van der Waals surface area contributed by atoms with E-state index in [4.69, 9.17) is 4.74 Å². The SMILES string of the molecule is CC1OC1(C)C[N+](=O)[O-]. The second-order valence-corrected chi connectivity index (χ2v) is 2.56. The molecular weight excluding hydrogens is 122 g/mol. The van der Waals surface area contributed by atoms with E-state index < -0.39 is 5.60 Å². The van der Waals surface area contributed by atoms with Crippen LogP contribution in [0.3, 0.4) is 0 Å². The lowest BCUT2D eigenvalue weighted by molar-refractivity contribution is -0.487. The molecule has 1 saturated heterocycles. The van der Waals surface area contributed by atoms with Gasteiger partial charge in [0.2, 0.25) is 6.54 Å². The van der Waals surface area contributed by atoms with Crippen molar-refractivity contribution in [1.29, 1.82) is 0 Å². The molecule has 4 nitrogen and oxygen atoms in total. The minimum absolute atomic E-state index is 0.0582. The zero-order valence-corrected chi connectivity index (χ0v) is 5.46. The Balaban J connectivity index is 2.37. The quantitative estimate of drug-likeness (QED) is 0.310. The van der Waals surface area contributed by atoms with Gasteiger partial charge < -0.3 is 4.74 Å². The molecule has 1 heterocycles. The summed E-state index contributed by atoms with van der Waals surface area (Å²) in [6.45, 7) is 3.51. The van der Waals surface area contributed by atoms with Crippen LogP contribution in [0.4, 0.5) is 0 Å². The maximum absolute atomic E-state index is 9.93. The Labute approximate surface area is 53.0 Å². The highest BCUT2D eigenvalue weighted by molar-refractivity contribution is 4.95. The van der Waals surface area contributed by atoms with Crippen LogP contribution in [0.1, 0.15) is 13.8 Å². The van der Waals surface area contributed by atoms with E-state index in [9.17, 15) is 10.1 Å². The van der Waals surface area contributed by atoms with Crippen LogP contribution >= 0.6 is 0 Å². The van der Waals surface area contributed by atoms with Crippen LogP contribution in [0.5, 0.6) is 0 Å². The average Bonchev–Trinajstić information content (AvgIpc) is 2.10. The van der Waals surface area contributed by atoms with Gasteiger partial charge in [0.15, 0.2) is 5.60 Å². The van der Waals surface area contributed by atoms with Crippen molar-refractivity contribution in [3.05, 3.63) is 10.1 Å². The number of ether oxygens (including phenoxy) is 1. The third kappa shape index (κ3) is 1.18. The van der Waals surface area contributed by atoms with Gasteiger partial charge in [0.25, 0.3) is 0 Å². The fourth-order valence-corrected chi connectivity index (χ4v) is 0.792. The van der Waals surface area contributed by atoms with Gasteiger partial charge in [0.1, 0.15) is 0 Å². The first-order valence-corrected chi connectivity index (χ1v) is 2.84. The largest absolute Gasteiger partial charge is 0.359 e. The monoisotopic (exact) mass is 131 g/mol. The highest BCUT2D eigenvalue weighted by atomic mass is 16.7. The Hall–Kier alpha value is -0.640. The van der Waals surface area contributed by atoms with Gasteiger partial charge in [0, 0.05) is 4.92 Å². The standard InChI is InChI=1S/C5H9NO3/c1-4-5(2,9-4)3-6(7)8/h4H,3H2,1-2H3. The topological polar surface area (TPSA) is 55.7 Å². The summed E-state index contributed by atoms with van der Waals surface area (Å²) in [5, 5.41) is 9.93. The zero-order valence-electron chi connectivity index (χ0n) is 5.46. The van der Waals surface area contributed by atoms with Crippen LogP contribution in [0.15, 0.2) is 0 Å². The molecule has 0 spiro atoms. The molecule has 0 radical (unpaired) electrons. The Morgan fingerprint density at radius 2 is 2.33 bits per heavy atom. The molecule has 0 saturated carbocycles. The third-order valence-corrected chi connectivity index (χ3v) is 1.69. The summed E-state index contributed by atoms with van der Waals surface area (Å²) < 4.78 is 4.97. The molecule has 1 rings (SSSR count). The highest BCUT2D eigenvalue weighted by Crippen LogP contribution is 2.35. The van der Waals surface area contributed by atoms with Crippen molar-refractivity contribution >= 4 is 0 Å². The van der Waals surface area contributed by atoms with Gasteiger partial charge in [-0.25, -0.2) is 0 Å². The summed E-state index contributed by atoms with van der Waals surface area (Å²) in [6, 6.07) is 0. The predicted molar refractivity (Wildman–Crippen MR) is 30.8 cm³/mol. The van der Waals surface area contributed by atoms with Gasteiger partial charge in [-0.15, -0.1) is 0 Å². The second kappa shape index (κ2) is 1.67. The fraction of sp³-hybridized carbons (Fsp3) is 1.00. The number of hydrogen-bond donors (Lipinski definition) is 0. The smallest absolute Gasteiger partial charge is 0.234 e. The molecule has 2 unspecified atom stereocenters. The highest BCUT2D eigenvalue weighted by Gasteiger charge is 2.53. The van der Waals surface area contributed by atoms with E-state index in [1.807, 2.05) is 6.92 Å². The van der Waals surface area contributed by atoms with E-state index in [1.165, 1.54) is 0 Å². The number of nitrogens with zero attached hydrogens (tertiary/aromatic N) is 1. The first kappa shape index (κ1) is 6.48. The van der Waals surface area contributed by atoms with Gasteiger partial charge in [-0.2, -0.15) is 0 Å². The molecule has 0 bridgehead atoms. The van der Waals surface area contributed by atoms with E-state index in [1.54, 1.807) is 6.92 Å². The molecular formula is C5H9NO3. The molecule has 0 aromatic carbocycles. The van der Waals surface area contributed by atoms with E-state index >= 15 is 0 Å². The van der Waals surface area contributed by atoms with Gasteiger partial charge in [0.05, 0.1) is 6.10 Å². The molecule has 1 aliphatic heterocycles. The maximum Gasteiger partial charge on any atom is 0.234 e. The van der Waals surface area contributed by atoms with Crippen LogP contribution in [0.25, 0.3) is 0 Å². The molecule has 0 aliphatic carbocycles. The van der Waals surface area contributed by atoms with Gasteiger partial charge in [-0.1, -0.05) is 0 Å². The maximum atomic E-state index is 9.93. The molecule has 2 atom stereocenters. The third-order valence-electron chi connectivity index (χ3n) is 1.69. The lowest BCUT2D eigenvalue weighted by atomic mass is 10.1. The van der Waals surface area contributed by atoms with E-state index in [-0.39, 0.29) is 17.6 Å². The summed E-state index contributed by atoms with van der Waals surface area (Å²) >= 11 is 0. The zero-order chi connectivity index (χ0) is 7.07. The van der Waals surface area contributed by atoms with Crippen LogP contribution in [0, 0.1) is 10.1 Å². The van der Waals surface area contributed by atoms with Gasteiger partial charge >= 0.3 is 0 Å². The molecule has 9 heavy (non-hydrogen) atoms. The Kier molecular flexibility index (Phi) is 1.20. The van der Waals surface area contributed by atoms with Gasteiger partial charge in [-0.3, -0.25) is 10.1 Å². The van der Waals surface area contributed by atoms with Crippen molar-refractivity contribution in [3.8, 4) is 0 Å². The molecule has 0 amide bonds. The van der Waals surface area contributed by atoms with Crippen molar-refractivity contribution in [2.75, 3.05) is 6.54 Å². The molecule has 1 fully saturated rings. The van der Waals surface area contributed by atoms with Crippen molar-refractivity contribution in [2.24, 2.45) is 0 Å². The number of hydrogen-bond acceptors (Lipinski definition) is 3. The first-order valence-electron chi connectivity index (χ1n) is 2.84.